The smallest absolute Gasteiger partial charge is 0.0414 e. The van der Waals surface area contributed by atoms with Crippen LogP contribution in [0.25, 0.3) is 0 Å². The molecular weight excluding hydrogens is 240 g/mol. The Labute approximate surface area is 129 Å². The van der Waals surface area contributed by atoms with E-state index < -0.39 is 0 Å². The van der Waals surface area contributed by atoms with Gasteiger partial charge in [0.1, 0.15) is 0 Å². The van der Waals surface area contributed by atoms with Crippen molar-refractivity contribution in [3.8, 4) is 0 Å². The van der Waals surface area contributed by atoms with Gasteiger partial charge in [0.05, 0.1) is 0 Å². The Morgan fingerprint density at radius 1 is 0.650 bits per heavy atom. The van der Waals surface area contributed by atoms with Crippen LogP contribution in [-0.4, -0.2) is 0 Å². The number of hydrogen-bond donors (Lipinski definition) is 0. The Bertz CT molecular complexity index is 188. The van der Waals surface area contributed by atoms with Crippen molar-refractivity contribution in [2.24, 2.45) is 11.8 Å². The second-order valence-electron chi connectivity index (χ2n) is 7.15. The Hall–Kier alpha value is 0. The zero-order valence-electron chi connectivity index (χ0n) is 14.2. The van der Waals surface area contributed by atoms with Gasteiger partial charge in [-0.25, -0.2) is 0 Å². The van der Waals surface area contributed by atoms with Crippen molar-refractivity contribution < 1.29 is 0 Å². The molecule has 119 valence electrons. The quantitative estimate of drug-likeness (QED) is 0.328. The summed E-state index contributed by atoms with van der Waals surface area (Å²) in [5.41, 5.74) is 0. The normalized spacial score (nSPS) is 23.1. The van der Waals surface area contributed by atoms with Crippen molar-refractivity contribution in [2.45, 2.75) is 110 Å². The van der Waals surface area contributed by atoms with E-state index >= 15 is 0 Å². The molecule has 0 bridgehead atoms. The van der Waals surface area contributed by atoms with E-state index in [4.69, 9.17) is 0 Å². The van der Waals surface area contributed by atoms with Gasteiger partial charge in [0.2, 0.25) is 0 Å². The molecule has 1 saturated carbocycles. The van der Waals surface area contributed by atoms with E-state index in [1.807, 2.05) is 0 Å². The minimum atomic E-state index is 0.957. The van der Waals surface area contributed by atoms with Crippen molar-refractivity contribution in [1.82, 2.24) is 0 Å². The molecule has 0 heteroatoms. The summed E-state index contributed by atoms with van der Waals surface area (Å²) >= 11 is 0. The summed E-state index contributed by atoms with van der Waals surface area (Å²) in [7, 11) is 0. The van der Waals surface area contributed by atoms with Gasteiger partial charge in [-0.3, -0.25) is 0 Å². The number of unbranched alkanes of at least 4 members (excludes halogenated alkanes) is 9. The highest BCUT2D eigenvalue weighted by atomic mass is 14.2. The molecule has 0 heterocycles. The van der Waals surface area contributed by atoms with Gasteiger partial charge in [-0.1, -0.05) is 117 Å². The summed E-state index contributed by atoms with van der Waals surface area (Å²) in [6.45, 7) is 6.36. The van der Waals surface area contributed by atoms with Crippen LogP contribution in [-0.2, 0) is 0 Å². The van der Waals surface area contributed by atoms with Crippen LogP contribution in [0.2, 0.25) is 0 Å². The third-order valence-corrected chi connectivity index (χ3v) is 5.34. The summed E-state index contributed by atoms with van der Waals surface area (Å²) < 4.78 is 0. The first-order valence-electron chi connectivity index (χ1n) is 9.66. The third kappa shape index (κ3) is 9.03. The molecule has 0 nitrogen and oxygen atoms in total. The van der Waals surface area contributed by atoms with Crippen molar-refractivity contribution in [2.75, 3.05) is 0 Å². The number of hydrogen-bond acceptors (Lipinski definition) is 0. The first kappa shape index (κ1) is 18.1. The molecule has 1 aliphatic carbocycles. The highest BCUT2D eigenvalue weighted by molar-refractivity contribution is 4.73. The maximum Gasteiger partial charge on any atom is -0.0414 e. The highest BCUT2D eigenvalue weighted by Crippen LogP contribution is 2.33. The predicted molar refractivity (Wildman–Crippen MR) is 91.9 cm³/mol. The lowest BCUT2D eigenvalue weighted by Gasteiger charge is -2.27. The monoisotopic (exact) mass is 279 g/mol. The molecule has 20 heavy (non-hydrogen) atoms. The zero-order chi connectivity index (χ0) is 14.5. The summed E-state index contributed by atoms with van der Waals surface area (Å²) in [6.07, 6.45) is 23.3. The molecule has 0 saturated heterocycles. The van der Waals surface area contributed by atoms with Crippen LogP contribution in [0.3, 0.4) is 0 Å². The molecule has 0 amide bonds. The maximum absolute atomic E-state index is 4.06. The molecule has 1 aliphatic rings. The third-order valence-electron chi connectivity index (χ3n) is 5.34. The molecular formula is C20H39. The van der Waals surface area contributed by atoms with Crippen molar-refractivity contribution >= 4 is 0 Å². The molecule has 1 radical (unpaired) electrons. The van der Waals surface area contributed by atoms with Crippen LogP contribution in [0.1, 0.15) is 110 Å². The van der Waals surface area contributed by atoms with Crippen LogP contribution in [0.5, 0.6) is 0 Å². The Kier molecular flexibility index (Phi) is 11.5. The van der Waals surface area contributed by atoms with Crippen LogP contribution >= 0.6 is 0 Å². The first-order chi connectivity index (χ1) is 9.86. The SMILES string of the molecule is [CH2]CC1CCC(CCCCCCCCCCCC)CC1. The van der Waals surface area contributed by atoms with Gasteiger partial charge in [0, 0.05) is 0 Å². The highest BCUT2D eigenvalue weighted by Gasteiger charge is 2.19. The lowest BCUT2D eigenvalue weighted by Crippen LogP contribution is -2.13. The first-order valence-corrected chi connectivity index (χ1v) is 9.66. The molecule has 0 unspecified atom stereocenters. The van der Waals surface area contributed by atoms with E-state index in [0.29, 0.717) is 0 Å². The minimum Gasteiger partial charge on any atom is -0.0654 e. The maximum atomic E-state index is 4.06. The standard InChI is InChI=1S/C20H39/c1-3-5-6-7-8-9-10-11-12-13-14-20-17-15-19(4-2)16-18-20/h19-20H,2-18H2,1H3. The van der Waals surface area contributed by atoms with Crippen LogP contribution < -0.4 is 0 Å². The molecule has 0 aromatic heterocycles. The Morgan fingerprint density at radius 3 is 1.60 bits per heavy atom. The summed E-state index contributed by atoms with van der Waals surface area (Å²) in [5, 5.41) is 0. The van der Waals surface area contributed by atoms with Crippen molar-refractivity contribution in [1.29, 1.82) is 0 Å². The molecule has 0 aliphatic heterocycles. The van der Waals surface area contributed by atoms with Crippen molar-refractivity contribution in [3.05, 3.63) is 6.92 Å². The van der Waals surface area contributed by atoms with E-state index in [-0.39, 0.29) is 0 Å². The average molecular weight is 280 g/mol. The zero-order valence-corrected chi connectivity index (χ0v) is 14.2. The van der Waals surface area contributed by atoms with E-state index in [1.165, 1.54) is 103 Å². The van der Waals surface area contributed by atoms with E-state index in [0.717, 1.165) is 11.8 Å². The average Bonchev–Trinajstić information content (AvgIpc) is 2.50. The Morgan fingerprint density at radius 2 is 1.10 bits per heavy atom. The molecule has 0 atom stereocenters. The van der Waals surface area contributed by atoms with E-state index in [1.54, 1.807) is 0 Å². The number of rotatable bonds is 12. The van der Waals surface area contributed by atoms with Gasteiger partial charge in [0.15, 0.2) is 0 Å². The molecule has 0 spiro atoms. The second-order valence-corrected chi connectivity index (χ2v) is 7.15. The lowest BCUT2D eigenvalue weighted by molar-refractivity contribution is 0.259. The fraction of sp³-hybridized carbons (Fsp3) is 0.950. The summed E-state index contributed by atoms with van der Waals surface area (Å²) in [5.74, 6) is 2.02. The van der Waals surface area contributed by atoms with Crippen LogP contribution in [0.15, 0.2) is 0 Å². The van der Waals surface area contributed by atoms with Crippen LogP contribution in [0.4, 0.5) is 0 Å². The molecule has 1 rings (SSSR count). The minimum absolute atomic E-state index is 0.957. The van der Waals surface area contributed by atoms with Gasteiger partial charge in [-0.2, -0.15) is 0 Å². The molecule has 0 aromatic rings. The van der Waals surface area contributed by atoms with Crippen LogP contribution in [0, 0.1) is 18.8 Å². The molecule has 0 aromatic carbocycles. The fourth-order valence-corrected chi connectivity index (χ4v) is 3.73. The molecule has 1 fully saturated rings. The predicted octanol–water partition coefficient (Wildman–Crippen LogP) is 7.33. The van der Waals surface area contributed by atoms with Gasteiger partial charge in [-0.15, -0.1) is 0 Å². The summed E-state index contributed by atoms with van der Waals surface area (Å²) in [6, 6.07) is 0. The van der Waals surface area contributed by atoms with Gasteiger partial charge in [-0.05, 0) is 11.8 Å². The van der Waals surface area contributed by atoms with Gasteiger partial charge < -0.3 is 0 Å². The van der Waals surface area contributed by atoms with E-state index in [2.05, 4.69) is 13.8 Å². The van der Waals surface area contributed by atoms with E-state index in [9.17, 15) is 0 Å². The lowest BCUT2D eigenvalue weighted by atomic mass is 9.79. The van der Waals surface area contributed by atoms with Gasteiger partial charge in [0.25, 0.3) is 0 Å². The largest absolute Gasteiger partial charge is 0.0654 e. The Balaban J connectivity index is 1.79. The van der Waals surface area contributed by atoms with Gasteiger partial charge >= 0.3 is 0 Å². The van der Waals surface area contributed by atoms with Crippen molar-refractivity contribution in [3.63, 3.8) is 0 Å². The fourth-order valence-electron chi connectivity index (χ4n) is 3.73. The molecule has 0 N–H and O–H groups in total. The topological polar surface area (TPSA) is 0 Å². The summed E-state index contributed by atoms with van der Waals surface area (Å²) in [4.78, 5) is 0. The second kappa shape index (κ2) is 12.7.